The average molecular weight is 382 g/mol. The number of ether oxygens (including phenoxy) is 1. The van der Waals surface area contributed by atoms with Gasteiger partial charge in [-0.15, -0.1) is 0 Å². The number of carbonyl (C=O) groups is 2. The average Bonchev–Trinajstić information content (AvgIpc) is 2.68. The molecule has 0 fully saturated rings. The van der Waals surface area contributed by atoms with E-state index in [0.717, 1.165) is 5.56 Å². The molecule has 1 aromatic heterocycles. The van der Waals surface area contributed by atoms with Crippen LogP contribution in [-0.2, 0) is 22.6 Å². The van der Waals surface area contributed by atoms with E-state index >= 15 is 0 Å². The van der Waals surface area contributed by atoms with Gasteiger partial charge in [-0.2, -0.15) is 0 Å². The number of aromatic hydroxyl groups is 1. The maximum atomic E-state index is 12.6. The van der Waals surface area contributed by atoms with Gasteiger partial charge in [-0.05, 0) is 30.2 Å². The van der Waals surface area contributed by atoms with Gasteiger partial charge in [-0.25, -0.2) is 0 Å². The summed E-state index contributed by atoms with van der Waals surface area (Å²) in [6.45, 7) is 0.689. The maximum absolute atomic E-state index is 12.6. The second-order valence-electron chi connectivity index (χ2n) is 6.26. The second kappa shape index (κ2) is 7.91. The number of aromatic nitrogens is 2. The van der Waals surface area contributed by atoms with E-state index in [2.05, 4.69) is 0 Å². The molecular weight excluding hydrogens is 364 g/mol. The maximum Gasteiger partial charge on any atom is 0.328 e. The van der Waals surface area contributed by atoms with E-state index < -0.39 is 18.4 Å². The molecule has 0 amide bonds. The van der Waals surface area contributed by atoms with Crippen LogP contribution in [0.5, 0.6) is 5.75 Å². The van der Waals surface area contributed by atoms with Gasteiger partial charge in [0.15, 0.2) is 0 Å². The summed E-state index contributed by atoms with van der Waals surface area (Å²) >= 11 is 0. The van der Waals surface area contributed by atoms with E-state index in [9.17, 15) is 24.8 Å². The number of phenolic OH excluding ortho intramolecular Hbond substituents is 1. The van der Waals surface area contributed by atoms with Crippen LogP contribution in [-0.4, -0.2) is 21.6 Å². The number of hydrogen-bond donors (Lipinski definition) is 1. The summed E-state index contributed by atoms with van der Waals surface area (Å²) in [4.78, 5) is 36.5. The first-order valence-corrected chi connectivity index (χ1v) is 8.59. The van der Waals surface area contributed by atoms with E-state index in [1.54, 1.807) is 24.3 Å². The number of phenols is 1. The first kappa shape index (κ1) is 19.1. The number of carbonyl (C=O) groups excluding carboxylic acids is 2. The summed E-state index contributed by atoms with van der Waals surface area (Å²) in [5.41, 5.74) is 0.420. The van der Waals surface area contributed by atoms with Gasteiger partial charge < -0.3 is 19.8 Å². The van der Waals surface area contributed by atoms with Crippen molar-refractivity contribution in [3.8, 4) is 5.75 Å². The van der Waals surface area contributed by atoms with Gasteiger partial charge in [-0.1, -0.05) is 24.3 Å². The first-order chi connectivity index (χ1) is 13.4. The Bertz CT molecular complexity index is 1100. The number of hydrogen-bond acceptors (Lipinski definition) is 6. The van der Waals surface area contributed by atoms with Gasteiger partial charge in [-0.3, -0.25) is 9.59 Å². The summed E-state index contributed by atoms with van der Waals surface area (Å²) in [7, 11) is 0. The molecule has 0 spiro atoms. The molecule has 0 aliphatic heterocycles. The lowest BCUT2D eigenvalue weighted by Crippen LogP contribution is -2.31. The zero-order valence-electron chi connectivity index (χ0n) is 15.1. The lowest BCUT2D eigenvalue weighted by Gasteiger charge is -2.18. The predicted molar refractivity (Wildman–Crippen MR) is 100 cm³/mol. The van der Waals surface area contributed by atoms with Crippen molar-refractivity contribution in [2.24, 2.45) is 0 Å². The molecule has 0 saturated carbocycles. The monoisotopic (exact) mass is 382 g/mol. The molecule has 0 atom stereocenters. The Morgan fingerprint density at radius 3 is 2.50 bits per heavy atom. The smallest absolute Gasteiger partial charge is 0.328 e. The van der Waals surface area contributed by atoms with Crippen molar-refractivity contribution in [1.82, 2.24) is 4.73 Å². The molecule has 144 valence electrons. The Morgan fingerprint density at radius 1 is 1.14 bits per heavy atom. The molecule has 2 aromatic carbocycles. The van der Waals surface area contributed by atoms with Crippen molar-refractivity contribution in [2.45, 2.75) is 26.4 Å². The molecule has 8 heteroatoms. The Kier molecular flexibility index (Phi) is 5.39. The van der Waals surface area contributed by atoms with E-state index in [1.165, 1.54) is 31.2 Å². The molecule has 3 rings (SSSR count). The van der Waals surface area contributed by atoms with Crippen LogP contribution in [0.3, 0.4) is 0 Å². The van der Waals surface area contributed by atoms with Gasteiger partial charge in [0.25, 0.3) is 5.52 Å². The lowest BCUT2D eigenvalue weighted by atomic mass is 10.1. The van der Waals surface area contributed by atoms with Crippen molar-refractivity contribution in [3.05, 3.63) is 75.6 Å². The van der Waals surface area contributed by atoms with Crippen LogP contribution >= 0.6 is 0 Å². The van der Waals surface area contributed by atoms with Crippen molar-refractivity contribution in [3.63, 3.8) is 0 Å². The number of nitrogens with zero attached hydrogens (tertiary/aromatic N) is 2. The molecule has 0 radical (unpaired) electrons. The van der Waals surface area contributed by atoms with Gasteiger partial charge >= 0.3 is 11.7 Å². The van der Waals surface area contributed by atoms with Crippen LogP contribution in [0.4, 0.5) is 0 Å². The third kappa shape index (κ3) is 3.85. The van der Waals surface area contributed by atoms with E-state index in [0.29, 0.717) is 15.6 Å². The highest BCUT2D eigenvalue weighted by Crippen LogP contribution is 2.16. The Hall–Kier alpha value is -3.68. The Morgan fingerprint density at radius 2 is 1.82 bits per heavy atom. The van der Waals surface area contributed by atoms with Crippen LogP contribution in [0.25, 0.3) is 11.0 Å². The van der Waals surface area contributed by atoms with Crippen LogP contribution in [0.15, 0.2) is 48.5 Å². The van der Waals surface area contributed by atoms with Gasteiger partial charge in [0, 0.05) is 24.3 Å². The number of aryl methyl sites for hydroxylation is 1. The standard InChI is InChI=1S/C20H18N2O6/c1-13(23)20-18(21(26)16-4-2-3-5-17(16)22(20)27)12-28-19(25)11-8-14-6-9-15(24)10-7-14/h2-7,9-10,24H,8,11-12H2,1H3. The van der Waals surface area contributed by atoms with Crippen LogP contribution < -0.4 is 4.43 Å². The van der Waals surface area contributed by atoms with Crippen LogP contribution in [0.2, 0.25) is 0 Å². The molecular formula is C20H18N2O6. The fraction of sp³-hybridized carbons (Fsp3) is 0.200. The van der Waals surface area contributed by atoms with E-state index in [4.69, 9.17) is 4.74 Å². The minimum atomic E-state index is -0.597. The number of ketones is 1. The molecule has 8 nitrogen and oxygen atoms in total. The van der Waals surface area contributed by atoms with Crippen molar-refractivity contribution in [2.75, 3.05) is 0 Å². The highest BCUT2D eigenvalue weighted by atomic mass is 16.5. The SMILES string of the molecule is CC(=O)c1c(COC(=O)CCc2ccc(O)cc2)n([O-])c2ccccc2[n+]1=O. The number of fused-ring (bicyclic) bond motifs is 1. The Labute approximate surface area is 159 Å². The quantitative estimate of drug-likeness (QED) is 0.398. The fourth-order valence-electron chi connectivity index (χ4n) is 2.89. The topological polar surface area (TPSA) is 115 Å². The van der Waals surface area contributed by atoms with Gasteiger partial charge in [0.1, 0.15) is 23.6 Å². The van der Waals surface area contributed by atoms with E-state index in [1.807, 2.05) is 0 Å². The molecule has 1 heterocycles. The Balaban J connectivity index is 1.79. The molecule has 28 heavy (non-hydrogen) atoms. The summed E-state index contributed by atoms with van der Waals surface area (Å²) < 4.78 is 5.98. The summed E-state index contributed by atoms with van der Waals surface area (Å²) in [6.07, 6.45) is 0.430. The molecule has 0 aliphatic rings. The molecule has 3 aromatic rings. The van der Waals surface area contributed by atoms with Crippen LogP contribution in [0.1, 0.15) is 35.1 Å². The highest BCUT2D eigenvalue weighted by molar-refractivity contribution is 5.93. The summed E-state index contributed by atoms with van der Waals surface area (Å²) in [6, 6.07) is 12.5. The van der Waals surface area contributed by atoms with E-state index in [-0.39, 0.29) is 34.6 Å². The van der Waals surface area contributed by atoms with Crippen molar-refractivity contribution < 1.29 is 23.9 Å². The molecule has 0 saturated heterocycles. The minimum Gasteiger partial charge on any atom is -0.805 e. The molecule has 1 N–H and O–H groups in total. The first-order valence-electron chi connectivity index (χ1n) is 8.59. The van der Waals surface area contributed by atoms with Crippen LogP contribution in [0, 0.1) is 10.1 Å². The largest absolute Gasteiger partial charge is 0.805 e. The molecule has 0 aliphatic carbocycles. The number of para-hydroxylation sites is 2. The number of benzene rings is 2. The number of rotatable bonds is 6. The summed E-state index contributed by atoms with van der Waals surface area (Å²) in [5.74, 6) is -1.04. The van der Waals surface area contributed by atoms with Crippen molar-refractivity contribution in [1.29, 1.82) is 0 Å². The lowest BCUT2D eigenvalue weighted by molar-refractivity contribution is -0.468. The number of Topliss-reactive ketones (excluding diaryl/α,β-unsaturated/α-hetero) is 1. The number of esters is 1. The third-order valence-corrected chi connectivity index (χ3v) is 4.30. The summed E-state index contributed by atoms with van der Waals surface area (Å²) in [5, 5.41) is 21.9. The van der Waals surface area contributed by atoms with Crippen molar-refractivity contribution >= 4 is 22.8 Å². The fourth-order valence-corrected chi connectivity index (χ4v) is 2.89. The normalized spacial score (nSPS) is 10.8. The third-order valence-electron chi connectivity index (χ3n) is 4.30. The predicted octanol–water partition coefficient (Wildman–Crippen LogP) is 2.49. The van der Waals surface area contributed by atoms with Gasteiger partial charge in [0.05, 0.1) is 4.43 Å². The van der Waals surface area contributed by atoms with Gasteiger partial charge in [0.2, 0.25) is 5.78 Å². The zero-order valence-corrected chi connectivity index (χ0v) is 15.1. The zero-order chi connectivity index (χ0) is 20.3. The second-order valence-corrected chi connectivity index (χ2v) is 6.26. The molecule has 0 unspecified atom stereocenters. The highest BCUT2D eigenvalue weighted by Gasteiger charge is 2.26. The molecule has 0 bridgehead atoms. The minimum absolute atomic E-state index is 0.0456.